The second kappa shape index (κ2) is 8.21. The fourth-order valence-electron chi connectivity index (χ4n) is 3.04. The maximum absolute atomic E-state index is 12.7. The number of carbonyl (C=O) groups excluding carboxylic acids is 1. The van der Waals surface area contributed by atoms with Crippen molar-refractivity contribution in [2.75, 3.05) is 24.3 Å². The minimum atomic E-state index is 0.0246. The number of halogens is 1. The lowest BCUT2D eigenvalue weighted by molar-refractivity contribution is -0.116. The number of ether oxygens (including phenoxy) is 1. The van der Waals surface area contributed by atoms with Gasteiger partial charge in [0.05, 0.1) is 17.9 Å². The number of anilines is 1. The van der Waals surface area contributed by atoms with Crippen molar-refractivity contribution in [2.45, 2.75) is 25.0 Å². The molecular weight excluding hydrogens is 414 g/mol. The van der Waals surface area contributed by atoms with E-state index in [2.05, 4.69) is 33.0 Å². The van der Waals surface area contributed by atoms with E-state index in [0.717, 1.165) is 27.8 Å². The van der Waals surface area contributed by atoms with E-state index in [4.69, 9.17) is 4.74 Å². The first kappa shape index (κ1) is 18.9. The molecule has 0 N–H and O–H groups in total. The van der Waals surface area contributed by atoms with Gasteiger partial charge in [-0.15, -0.1) is 0 Å². The van der Waals surface area contributed by atoms with E-state index in [9.17, 15) is 10.1 Å². The van der Waals surface area contributed by atoms with Crippen LogP contribution in [0.3, 0.4) is 0 Å². The average molecular weight is 432 g/mol. The summed E-state index contributed by atoms with van der Waals surface area (Å²) < 4.78 is 6.19. The van der Waals surface area contributed by atoms with Crippen molar-refractivity contribution >= 4 is 39.3 Å². The van der Waals surface area contributed by atoms with Gasteiger partial charge in [0.15, 0.2) is 0 Å². The molecule has 2 aromatic rings. The Bertz CT molecular complexity index is 895. The third kappa shape index (κ3) is 3.93. The first-order valence-electron chi connectivity index (χ1n) is 8.14. The molecule has 134 valence electrons. The highest BCUT2D eigenvalue weighted by Crippen LogP contribution is 2.32. The minimum Gasteiger partial charge on any atom is -0.380 e. The number of hydrogen-bond acceptors (Lipinski definition) is 5. The molecule has 0 saturated heterocycles. The second-order valence-electron chi connectivity index (χ2n) is 6.00. The topological polar surface area (TPSA) is 66.2 Å². The summed E-state index contributed by atoms with van der Waals surface area (Å²) in [5.74, 6) is 0.268. The molecule has 0 fully saturated rings. The number of carbonyl (C=O) groups is 1. The van der Waals surface area contributed by atoms with Crippen LogP contribution in [0.4, 0.5) is 5.69 Å². The fraction of sp³-hybridized carbons (Fsp3) is 0.316. The van der Waals surface area contributed by atoms with Gasteiger partial charge in [-0.1, -0.05) is 27.7 Å². The quantitative estimate of drug-likeness (QED) is 0.672. The van der Waals surface area contributed by atoms with Gasteiger partial charge in [-0.2, -0.15) is 5.26 Å². The summed E-state index contributed by atoms with van der Waals surface area (Å²) in [5, 5.41) is 10.1. The molecule has 0 radical (unpaired) electrons. The normalized spacial score (nSPS) is 12.8. The molecule has 1 amide bonds. The molecule has 1 aliphatic rings. The van der Waals surface area contributed by atoms with Crippen molar-refractivity contribution < 1.29 is 9.53 Å². The van der Waals surface area contributed by atoms with Gasteiger partial charge in [0.1, 0.15) is 11.1 Å². The first-order valence-corrected chi connectivity index (χ1v) is 9.92. The van der Waals surface area contributed by atoms with Crippen LogP contribution in [0.5, 0.6) is 0 Å². The van der Waals surface area contributed by atoms with E-state index >= 15 is 0 Å². The van der Waals surface area contributed by atoms with Gasteiger partial charge in [-0.3, -0.25) is 4.79 Å². The molecule has 1 aromatic carbocycles. The monoisotopic (exact) mass is 431 g/mol. The van der Waals surface area contributed by atoms with Crippen LogP contribution < -0.4 is 4.90 Å². The van der Waals surface area contributed by atoms with Crippen LogP contribution in [0, 0.1) is 18.3 Å². The molecule has 0 aliphatic carbocycles. The standard InChI is InChI=1S/C19H18BrN3O2S/c1-12-7-14(10-25-2)16(9-21)19(22-12)26-11-18(24)23-6-5-13-8-15(20)3-4-17(13)23/h3-4,7-8H,5-6,10-11H2,1-2H3. The van der Waals surface area contributed by atoms with Gasteiger partial charge in [0.2, 0.25) is 5.91 Å². The van der Waals surface area contributed by atoms with Crippen LogP contribution in [-0.2, 0) is 22.6 Å². The van der Waals surface area contributed by atoms with E-state index < -0.39 is 0 Å². The lowest BCUT2D eigenvalue weighted by atomic mass is 10.1. The Morgan fingerprint density at radius 1 is 1.46 bits per heavy atom. The van der Waals surface area contributed by atoms with Gasteiger partial charge < -0.3 is 9.64 Å². The van der Waals surface area contributed by atoms with Crippen LogP contribution in [0.2, 0.25) is 0 Å². The Morgan fingerprint density at radius 2 is 2.27 bits per heavy atom. The van der Waals surface area contributed by atoms with E-state index in [-0.39, 0.29) is 11.7 Å². The molecule has 0 atom stereocenters. The summed E-state index contributed by atoms with van der Waals surface area (Å²) in [6, 6.07) is 10.0. The molecule has 26 heavy (non-hydrogen) atoms. The number of aromatic nitrogens is 1. The van der Waals surface area contributed by atoms with Crippen molar-refractivity contribution in [1.29, 1.82) is 5.26 Å². The zero-order valence-corrected chi connectivity index (χ0v) is 17.0. The summed E-state index contributed by atoms with van der Waals surface area (Å²) in [4.78, 5) is 19.0. The van der Waals surface area contributed by atoms with Crippen molar-refractivity contribution in [2.24, 2.45) is 0 Å². The zero-order chi connectivity index (χ0) is 18.7. The Morgan fingerprint density at radius 3 is 3.00 bits per heavy atom. The smallest absolute Gasteiger partial charge is 0.237 e. The van der Waals surface area contributed by atoms with E-state index in [1.165, 1.54) is 17.3 Å². The molecule has 0 bridgehead atoms. The summed E-state index contributed by atoms with van der Waals surface area (Å²) in [7, 11) is 1.59. The molecule has 2 heterocycles. The number of thioether (sulfide) groups is 1. The SMILES string of the molecule is COCc1cc(C)nc(SCC(=O)N2CCc3cc(Br)ccc32)c1C#N. The number of pyridine rings is 1. The van der Waals surface area contributed by atoms with Crippen LogP contribution in [0.15, 0.2) is 33.8 Å². The predicted molar refractivity (Wildman–Crippen MR) is 105 cm³/mol. The van der Waals surface area contributed by atoms with Gasteiger partial charge in [-0.25, -0.2) is 4.98 Å². The summed E-state index contributed by atoms with van der Waals surface area (Å²) >= 11 is 4.78. The van der Waals surface area contributed by atoms with E-state index in [1.54, 1.807) is 7.11 Å². The van der Waals surface area contributed by atoms with E-state index in [1.807, 2.05) is 30.0 Å². The lowest BCUT2D eigenvalue weighted by Crippen LogP contribution is -2.30. The zero-order valence-electron chi connectivity index (χ0n) is 14.6. The van der Waals surface area contributed by atoms with Crippen LogP contribution in [0.25, 0.3) is 0 Å². The molecule has 1 aliphatic heterocycles. The summed E-state index contributed by atoms with van der Waals surface area (Å²) in [6.07, 6.45) is 0.856. The molecule has 0 spiro atoms. The van der Waals surface area contributed by atoms with Gasteiger partial charge in [0.25, 0.3) is 0 Å². The molecular formula is C19H18BrN3O2S. The molecule has 3 rings (SSSR count). The van der Waals surface area contributed by atoms with Crippen LogP contribution in [-0.4, -0.2) is 30.3 Å². The molecule has 0 saturated carbocycles. The highest BCUT2D eigenvalue weighted by atomic mass is 79.9. The number of hydrogen-bond donors (Lipinski definition) is 0. The molecule has 5 nitrogen and oxygen atoms in total. The number of benzene rings is 1. The number of nitriles is 1. The van der Waals surface area contributed by atoms with Crippen molar-refractivity contribution in [1.82, 2.24) is 4.98 Å². The number of methoxy groups -OCH3 is 1. The Balaban J connectivity index is 1.76. The summed E-state index contributed by atoms with van der Waals surface area (Å²) in [6.45, 7) is 2.91. The largest absolute Gasteiger partial charge is 0.380 e. The van der Waals surface area contributed by atoms with Crippen LogP contribution >= 0.6 is 27.7 Å². The van der Waals surface area contributed by atoms with Crippen molar-refractivity contribution in [3.05, 3.63) is 51.1 Å². The van der Waals surface area contributed by atoms with Gasteiger partial charge in [-0.05, 0) is 48.7 Å². The third-order valence-electron chi connectivity index (χ3n) is 4.18. The highest BCUT2D eigenvalue weighted by molar-refractivity contribution is 9.10. The average Bonchev–Trinajstić information content (AvgIpc) is 3.02. The predicted octanol–water partition coefficient (Wildman–Crippen LogP) is 3.85. The molecule has 7 heteroatoms. The van der Waals surface area contributed by atoms with E-state index in [0.29, 0.717) is 23.7 Å². The fourth-order valence-corrected chi connectivity index (χ4v) is 4.39. The number of rotatable bonds is 5. The third-order valence-corrected chi connectivity index (χ3v) is 5.63. The Kier molecular flexibility index (Phi) is 5.97. The number of fused-ring (bicyclic) bond motifs is 1. The highest BCUT2D eigenvalue weighted by Gasteiger charge is 2.25. The van der Waals surface area contributed by atoms with Crippen molar-refractivity contribution in [3.8, 4) is 6.07 Å². The minimum absolute atomic E-state index is 0.0246. The number of amides is 1. The molecule has 0 unspecified atom stereocenters. The van der Waals surface area contributed by atoms with Crippen LogP contribution in [0.1, 0.15) is 22.4 Å². The lowest BCUT2D eigenvalue weighted by Gasteiger charge is -2.17. The number of nitrogens with zero attached hydrogens (tertiary/aromatic N) is 3. The van der Waals surface area contributed by atoms with Gasteiger partial charge in [0, 0.05) is 29.5 Å². The summed E-state index contributed by atoms with van der Waals surface area (Å²) in [5.41, 5.74) is 4.24. The van der Waals surface area contributed by atoms with Crippen molar-refractivity contribution in [3.63, 3.8) is 0 Å². The first-order chi connectivity index (χ1) is 12.5. The maximum Gasteiger partial charge on any atom is 0.237 e. The Labute approximate surface area is 165 Å². The van der Waals surface area contributed by atoms with Gasteiger partial charge >= 0.3 is 0 Å². The Hall–Kier alpha value is -1.88. The molecule has 1 aromatic heterocycles. The number of aryl methyl sites for hydroxylation is 1. The maximum atomic E-state index is 12.7. The second-order valence-corrected chi connectivity index (χ2v) is 7.88.